The molecule has 5 nitrogen and oxygen atoms in total. The summed E-state index contributed by atoms with van der Waals surface area (Å²) in [6, 6.07) is 17.9. The van der Waals surface area contributed by atoms with Crippen LogP contribution < -0.4 is 5.32 Å². The van der Waals surface area contributed by atoms with Gasteiger partial charge in [-0.3, -0.25) is 9.59 Å². The lowest BCUT2D eigenvalue weighted by Gasteiger charge is -2.44. The van der Waals surface area contributed by atoms with Gasteiger partial charge in [-0.2, -0.15) is 0 Å². The molecule has 1 aromatic carbocycles. The molecule has 0 saturated heterocycles. The van der Waals surface area contributed by atoms with Gasteiger partial charge in [0.25, 0.3) is 5.91 Å². The molecule has 1 atom stereocenters. The van der Waals surface area contributed by atoms with Gasteiger partial charge in [-0.15, -0.1) is 22.7 Å². The van der Waals surface area contributed by atoms with Crippen molar-refractivity contribution in [1.82, 2.24) is 14.8 Å². The molecule has 0 bridgehead atoms. The lowest BCUT2D eigenvalue weighted by molar-refractivity contribution is -0.133. The van der Waals surface area contributed by atoms with Crippen molar-refractivity contribution in [2.75, 3.05) is 6.54 Å². The summed E-state index contributed by atoms with van der Waals surface area (Å²) in [6.45, 7) is 3.29. The summed E-state index contributed by atoms with van der Waals surface area (Å²) >= 11 is 3.29. The molecule has 1 aliphatic heterocycles. The van der Waals surface area contributed by atoms with E-state index in [0.29, 0.717) is 25.3 Å². The Morgan fingerprint density at radius 3 is 2.71 bits per heavy atom. The SMILES string of the molecule is C[C@@]1(C(=O)NCc2ccccc2)Cn2c(cc3ccsc32)C(=O)N1CCc1cccs1. The number of carbonyl (C=O) groups excluding carboxylic acids is 2. The quantitative estimate of drug-likeness (QED) is 0.470. The van der Waals surface area contributed by atoms with Crippen molar-refractivity contribution in [3.8, 4) is 0 Å². The average Bonchev–Trinajstić information content (AvgIpc) is 3.51. The average molecular weight is 450 g/mol. The molecular weight excluding hydrogens is 426 g/mol. The second-order valence-electron chi connectivity index (χ2n) is 8.03. The van der Waals surface area contributed by atoms with Crippen LogP contribution in [-0.4, -0.2) is 33.4 Å². The summed E-state index contributed by atoms with van der Waals surface area (Å²) in [6.07, 6.45) is 0.736. The first kappa shape index (κ1) is 20.0. The number of aromatic nitrogens is 1. The molecular formula is C24H23N3O2S2. The van der Waals surface area contributed by atoms with Gasteiger partial charge >= 0.3 is 0 Å². The van der Waals surface area contributed by atoms with Crippen molar-refractivity contribution in [3.05, 3.63) is 81.5 Å². The minimum Gasteiger partial charge on any atom is -0.350 e. The molecule has 31 heavy (non-hydrogen) atoms. The van der Waals surface area contributed by atoms with E-state index in [2.05, 4.69) is 11.4 Å². The van der Waals surface area contributed by atoms with E-state index in [4.69, 9.17) is 0 Å². The van der Waals surface area contributed by atoms with Gasteiger partial charge in [0, 0.05) is 23.4 Å². The maximum Gasteiger partial charge on any atom is 0.271 e. The Morgan fingerprint density at radius 2 is 1.94 bits per heavy atom. The van der Waals surface area contributed by atoms with E-state index in [0.717, 1.165) is 22.2 Å². The van der Waals surface area contributed by atoms with Crippen LogP contribution >= 0.6 is 22.7 Å². The predicted octanol–water partition coefficient (Wildman–Crippen LogP) is 4.54. The van der Waals surface area contributed by atoms with Crippen LogP contribution in [0.5, 0.6) is 0 Å². The highest BCUT2D eigenvalue weighted by Crippen LogP contribution is 2.34. The summed E-state index contributed by atoms with van der Waals surface area (Å²) < 4.78 is 2.02. The first-order chi connectivity index (χ1) is 15.1. The standard InChI is InChI=1S/C24H23N3O2S2/c1-24(23(29)25-15-17-6-3-2-4-7-17)16-26-20(14-18-10-13-31-22(18)26)21(28)27(24)11-9-19-8-5-12-30-19/h2-8,10,12-14H,9,11,15-16H2,1H3,(H,25,29)/t24-/m0/s1. The van der Waals surface area contributed by atoms with Crippen molar-refractivity contribution in [2.24, 2.45) is 0 Å². The van der Waals surface area contributed by atoms with Gasteiger partial charge in [-0.05, 0) is 47.9 Å². The number of benzene rings is 1. The summed E-state index contributed by atoms with van der Waals surface area (Å²) in [5, 5.41) is 8.20. The Balaban J connectivity index is 1.46. The van der Waals surface area contributed by atoms with E-state index in [1.165, 1.54) is 4.88 Å². The molecule has 2 amide bonds. The Morgan fingerprint density at radius 1 is 1.10 bits per heavy atom. The Kier molecular flexibility index (Phi) is 5.16. The van der Waals surface area contributed by atoms with Crippen molar-refractivity contribution >= 4 is 44.7 Å². The maximum absolute atomic E-state index is 13.6. The molecule has 0 spiro atoms. The Hall–Kier alpha value is -2.90. The number of amides is 2. The van der Waals surface area contributed by atoms with Gasteiger partial charge < -0.3 is 14.8 Å². The van der Waals surface area contributed by atoms with E-state index in [-0.39, 0.29) is 11.8 Å². The first-order valence-corrected chi connectivity index (χ1v) is 12.1. The maximum atomic E-state index is 13.6. The number of fused-ring (bicyclic) bond motifs is 3. The van der Waals surface area contributed by atoms with Gasteiger partial charge in [-0.1, -0.05) is 36.4 Å². The van der Waals surface area contributed by atoms with Crippen molar-refractivity contribution in [2.45, 2.75) is 32.0 Å². The normalized spacial score (nSPS) is 18.4. The largest absolute Gasteiger partial charge is 0.350 e. The summed E-state index contributed by atoms with van der Waals surface area (Å²) in [5.74, 6) is -0.205. The van der Waals surface area contributed by atoms with E-state index in [9.17, 15) is 9.59 Å². The fourth-order valence-corrected chi connectivity index (χ4v) is 5.85. The predicted molar refractivity (Wildman–Crippen MR) is 126 cm³/mol. The molecule has 1 N–H and O–H groups in total. The molecule has 0 aliphatic carbocycles. The molecule has 4 aromatic rings. The highest BCUT2D eigenvalue weighted by atomic mass is 32.1. The van der Waals surface area contributed by atoms with Crippen LogP contribution in [0.25, 0.3) is 10.2 Å². The topological polar surface area (TPSA) is 54.3 Å². The number of thiophene rings is 2. The second kappa shape index (κ2) is 7.98. The van der Waals surface area contributed by atoms with Gasteiger partial charge in [0.1, 0.15) is 16.1 Å². The van der Waals surface area contributed by atoms with Crippen LogP contribution in [0.1, 0.15) is 27.9 Å². The number of nitrogens with one attached hydrogen (secondary N) is 1. The number of hydrogen-bond acceptors (Lipinski definition) is 4. The molecule has 0 radical (unpaired) electrons. The highest BCUT2D eigenvalue weighted by molar-refractivity contribution is 7.16. The van der Waals surface area contributed by atoms with Crippen LogP contribution in [0.4, 0.5) is 0 Å². The van der Waals surface area contributed by atoms with Gasteiger partial charge in [0.15, 0.2) is 0 Å². The number of hydrogen-bond donors (Lipinski definition) is 1. The van der Waals surface area contributed by atoms with Crippen molar-refractivity contribution in [3.63, 3.8) is 0 Å². The second-order valence-corrected chi connectivity index (χ2v) is 9.95. The minimum absolute atomic E-state index is 0.0800. The summed E-state index contributed by atoms with van der Waals surface area (Å²) in [4.78, 5) is 31.1. The van der Waals surface area contributed by atoms with Crippen LogP contribution in [-0.2, 0) is 24.3 Å². The summed E-state index contributed by atoms with van der Waals surface area (Å²) in [5.41, 5.74) is 0.738. The molecule has 0 fully saturated rings. The molecule has 0 saturated carbocycles. The third-order valence-electron chi connectivity index (χ3n) is 5.98. The van der Waals surface area contributed by atoms with Crippen molar-refractivity contribution < 1.29 is 9.59 Å². The zero-order valence-corrected chi connectivity index (χ0v) is 18.8. The van der Waals surface area contributed by atoms with E-state index in [1.807, 2.05) is 70.8 Å². The molecule has 7 heteroatoms. The van der Waals surface area contributed by atoms with E-state index in [1.54, 1.807) is 27.6 Å². The fourth-order valence-electron chi connectivity index (χ4n) is 4.25. The van der Waals surface area contributed by atoms with E-state index >= 15 is 0 Å². The Labute approximate surface area is 188 Å². The zero-order chi connectivity index (χ0) is 21.4. The number of carbonyl (C=O) groups is 2. The van der Waals surface area contributed by atoms with Crippen LogP contribution in [0.2, 0.25) is 0 Å². The van der Waals surface area contributed by atoms with Crippen LogP contribution in [0.15, 0.2) is 65.4 Å². The molecule has 4 heterocycles. The molecule has 5 rings (SSSR count). The van der Waals surface area contributed by atoms with Gasteiger partial charge in [0.05, 0.1) is 6.54 Å². The fraction of sp³-hybridized carbons (Fsp3) is 0.250. The smallest absolute Gasteiger partial charge is 0.271 e. The van der Waals surface area contributed by atoms with Crippen molar-refractivity contribution in [1.29, 1.82) is 0 Å². The molecule has 1 aliphatic rings. The number of rotatable bonds is 6. The lowest BCUT2D eigenvalue weighted by Crippen LogP contribution is -2.64. The van der Waals surface area contributed by atoms with Crippen LogP contribution in [0.3, 0.4) is 0 Å². The highest BCUT2D eigenvalue weighted by Gasteiger charge is 2.47. The first-order valence-electron chi connectivity index (χ1n) is 10.3. The monoisotopic (exact) mass is 449 g/mol. The lowest BCUT2D eigenvalue weighted by atomic mass is 9.94. The third-order valence-corrected chi connectivity index (χ3v) is 7.86. The van der Waals surface area contributed by atoms with Gasteiger partial charge in [0.2, 0.25) is 5.91 Å². The zero-order valence-electron chi connectivity index (χ0n) is 17.2. The van der Waals surface area contributed by atoms with Gasteiger partial charge in [-0.25, -0.2) is 0 Å². The van der Waals surface area contributed by atoms with Crippen LogP contribution in [0, 0.1) is 0 Å². The third kappa shape index (κ3) is 3.58. The molecule has 158 valence electrons. The van der Waals surface area contributed by atoms with E-state index < -0.39 is 5.54 Å². The number of nitrogens with zero attached hydrogens (tertiary/aromatic N) is 2. The minimum atomic E-state index is -0.966. The Bertz CT molecular complexity index is 1230. The molecule has 3 aromatic heterocycles. The summed E-state index contributed by atoms with van der Waals surface area (Å²) in [7, 11) is 0. The molecule has 0 unspecified atom stereocenters.